The number of benzene rings is 1. The minimum atomic E-state index is -0.631. The lowest BCUT2D eigenvalue weighted by molar-refractivity contribution is 0.00578. The molecule has 18 heavy (non-hydrogen) atoms. The van der Waals surface area contributed by atoms with E-state index in [0.29, 0.717) is 11.0 Å². The minimum absolute atomic E-state index is 0.237. The summed E-state index contributed by atoms with van der Waals surface area (Å²) in [6, 6.07) is 3.62. The number of hydrogen-bond acceptors (Lipinski definition) is 2. The van der Waals surface area contributed by atoms with Gasteiger partial charge < -0.3 is 9.31 Å². The van der Waals surface area contributed by atoms with Crippen molar-refractivity contribution in [3.8, 4) is 0 Å². The molecule has 1 fully saturated rings. The SMILES string of the molecule is Cc1cc(C)c(F)c(B2OC(C)(C)C(C)(C)O2)c1. The maximum absolute atomic E-state index is 14.2. The van der Waals surface area contributed by atoms with Crippen molar-refractivity contribution in [3.05, 3.63) is 29.1 Å². The smallest absolute Gasteiger partial charge is 0.399 e. The van der Waals surface area contributed by atoms with Crippen molar-refractivity contribution in [2.45, 2.75) is 52.7 Å². The van der Waals surface area contributed by atoms with Gasteiger partial charge in [-0.05, 0) is 47.1 Å². The quantitative estimate of drug-likeness (QED) is 0.713. The van der Waals surface area contributed by atoms with Crippen LogP contribution in [0.15, 0.2) is 12.1 Å². The van der Waals surface area contributed by atoms with Crippen molar-refractivity contribution in [1.82, 2.24) is 0 Å². The van der Waals surface area contributed by atoms with E-state index in [2.05, 4.69) is 0 Å². The molecule has 0 aromatic heterocycles. The Morgan fingerprint density at radius 2 is 1.50 bits per heavy atom. The molecule has 0 unspecified atom stereocenters. The molecule has 1 aliphatic rings. The molecule has 1 heterocycles. The number of rotatable bonds is 1. The lowest BCUT2D eigenvalue weighted by Crippen LogP contribution is -2.41. The molecule has 1 saturated heterocycles. The van der Waals surface area contributed by atoms with Crippen LogP contribution in [0, 0.1) is 19.7 Å². The normalized spacial score (nSPS) is 21.4. The average molecular weight is 250 g/mol. The third-order valence-electron chi connectivity index (χ3n) is 3.93. The van der Waals surface area contributed by atoms with E-state index in [-0.39, 0.29) is 5.82 Å². The molecule has 0 saturated carbocycles. The second-order valence-electron chi connectivity index (χ2n) is 6.07. The van der Waals surface area contributed by atoms with Crippen molar-refractivity contribution in [1.29, 1.82) is 0 Å². The zero-order valence-corrected chi connectivity index (χ0v) is 11.9. The van der Waals surface area contributed by atoms with Crippen LogP contribution in [0.4, 0.5) is 4.39 Å². The summed E-state index contributed by atoms with van der Waals surface area (Å²) in [6.07, 6.45) is 0. The molecule has 0 atom stereocenters. The third kappa shape index (κ3) is 2.08. The van der Waals surface area contributed by atoms with Gasteiger partial charge in [-0.2, -0.15) is 0 Å². The van der Waals surface area contributed by atoms with Crippen LogP contribution >= 0.6 is 0 Å². The van der Waals surface area contributed by atoms with Crippen LogP contribution < -0.4 is 5.46 Å². The Balaban J connectivity index is 2.41. The monoisotopic (exact) mass is 250 g/mol. The van der Waals surface area contributed by atoms with Crippen molar-refractivity contribution in [2.75, 3.05) is 0 Å². The Morgan fingerprint density at radius 3 is 2.00 bits per heavy atom. The van der Waals surface area contributed by atoms with Gasteiger partial charge in [0.2, 0.25) is 0 Å². The first kappa shape index (κ1) is 13.6. The molecular formula is C14H20BFO2. The van der Waals surface area contributed by atoms with E-state index < -0.39 is 18.3 Å². The van der Waals surface area contributed by atoms with Crippen molar-refractivity contribution >= 4 is 12.6 Å². The van der Waals surface area contributed by atoms with E-state index in [1.165, 1.54) is 0 Å². The molecule has 0 N–H and O–H groups in total. The Bertz CT molecular complexity index is 467. The Kier molecular flexibility index (Phi) is 3.07. The van der Waals surface area contributed by atoms with Gasteiger partial charge in [0.15, 0.2) is 0 Å². The zero-order valence-electron chi connectivity index (χ0n) is 11.9. The molecule has 0 amide bonds. The highest BCUT2D eigenvalue weighted by molar-refractivity contribution is 6.62. The molecule has 0 aliphatic carbocycles. The lowest BCUT2D eigenvalue weighted by Gasteiger charge is -2.32. The number of aryl methyl sites for hydroxylation is 2. The van der Waals surface area contributed by atoms with Gasteiger partial charge in [-0.3, -0.25) is 0 Å². The second kappa shape index (κ2) is 4.07. The summed E-state index contributed by atoms with van der Waals surface area (Å²) >= 11 is 0. The summed E-state index contributed by atoms with van der Waals surface area (Å²) in [7, 11) is -0.631. The first-order chi connectivity index (χ1) is 8.14. The van der Waals surface area contributed by atoms with Gasteiger partial charge in [-0.1, -0.05) is 17.7 Å². The largest absolute Gasteiger partial charge is 0.497 e. The molecule has 2 nitrogen and oxygen atoms in total. The van der Waals surface area contributed by atoms with Crippen LogP contribution in [0.1, 0.15) is 38.8 Å². The molecule has 1 aliphatic heterocycles. The van der Waals surface area contributed by atoms with Crippen molar-refractivity contribution in [2.24, 2.45) is 0 Å². The van der Waals surface area contributed by atoms with Gasteiger partial charge in [-0.25, -0.2) is 4.39 Å². The van der Waals surface area contributed by atoms with Gasteiger partial charge in [0, 0.05) is 5.46 Å². The predicted molar refractivity (Wildman–Crippen MR) is 71.6 cm³/mol. The van der Waals surface area contributed by atoms with Crippen molar-refractivity contribution in [3.63, 3.8) is 0 Å². The van der Waals surface area contributed by atoms with E-state index in [1.54, 1.807) is 13.0 Å². The summed E-state index contributed by atoms with van der Waals surface area (Å²) in [6.45, 7) is 11.6. The van der Waals surface area contributed by atoms with E-state index in [9.17, 15) is 4.39 Å². The highest BCUT2D eigenvalue weighted by Gasteiger charge is 2.52. The fourth-order valence-electron chi connectivity index (χ4n) is 2.12. The third-order valence-corrected chi connectivity index (χ3v) is 3.93. The van der Waals surface area contributed by atoms with Crippen LogP contribution in [0.3, 0.4) is 0 Å². The molecule has 2 rings (SSSR count). The maximum atomic E-state index is 14.2. The summed E-state index contributed by atoms with van der Waals surface area (Å²) < 4.78 is 25.9. The van der Waals surface area contributed by atoms with Gasteiger partial charge in [0.1, 0.15) is 5.82 Å². The van der Waals surface area contributed by atoms with E-state index in [1.807, 2.05) is 40.7 Å². The first-order valence-electron chi connectivity index (χ1n) is 6.26. The molecule has 1 aromatic rings. The van der Waals surface area contributed by atoms with Gasteiger partial charge in [0.05, 0.1) is 11.2 Å². The molecular weight excluding hydrogens is 230 g/mol. The average Bonchev–Trinajstić information content (AvgIpc) is 2.42. The van der Waals surface area contributed by atoms with E-state index >= 15 is 0 Å². The Hall–Kier alpha value is -0.865. The summed E-state index contributed by atoms with van der Waals surface area (Å²) in [5.74, 6) is -0.237. The van der Waals surface area contributed by atoms with Crippen LogP contribution in [0.5, 0.6) is 0 Å². The lowest BCUT2D eigenvalue weighted by atomic mass is 9.77. The fraction of sp³-hybridized carbons (Fsp3) is 0.571. The molecule has 0 radical (unpaired) electrons. The molecule has 0 spiro atoms. The van der Waals surface area contributed by atoms with E-state index in [0.717, 1.165) is 5.56 Å². The van der Waals surface area contributed by atoms with Crippen LogP contribution in [0.25, 0.3) is 0 Å². The molecule has 1 aromatic carbocycles. The standard InChI is InChI=1S/C14H20BFO2/c1-9-7-10(2)12(16)11(8-9)15-17-13(3,4)14(5,6)18-15/h7-8H,1-6H3. The predicted octanol–water partition coefficient (Wildman–Crippen LogP) is 2.74. The zero-order chi connectivity index (χ0) is 13.7. The van der Waals surface area contributed by atoms with Crippen LogP contribution in [-0.2, 0) is 9.31 Å². The summed E-state index contributed by atoms with van der Waals surface area (Å²) in [5, 5.41) is 0. The maximum Gasteiger partial charge on any atom is 0.497 e. The van der Waals surface area contributed by atoms with Gasteiger partial charge >= 0.3 is 7.12 Å². The highest BCUT2D eigenvalue weighted by Crippen LogP contribution is 2.36. The molecule has 0 bridgehead atoms. The van der Waals surface area contributed by atoms with Gasteiger partial charge in [-0.15, -0.1) is 0 Å². The second-order valence-corrected chi connectivity index (χ2v) is 6.07. The first-order valence-corrected chi connectivity index (χ1v) is 6.26. The summed E-state index contributed by atoms with van der Waals surface area (Å²) in [4.78, 5) is 0. The fourth-order valence-corrected chi connectivity index (χ4v) is 2.12. The van der Waals surface area contributed by atoms with Crippen LogP contribution in [-0.4, -0.2) is 18.3 Å². The Labute approximate surface area is 109 Å². The topological polar surface area (TPSA) is 18.5 Å². The highest BCUT2D eigenvalue weighted by atomic mass is 19.1. The van der Waals surface area contributed by atoms with Crippen molar-refractivity contribution < 1.29 is 13.7 Å². The number of hydrogen-bond donors (Lipinski definition) is 0. The number of halogens is 1. The molecule has 4 heteroatoms. The Morgan fingerprint density at radius 1 is 1.00 bits per heavy atom. The summed E-state index contributed by atoms with van der Waals surface area (Å²) in [5.41, 5.74) is 1.24. The van der Waals surface area contributed by atoms with Crippen LogP contribution in [0.2, 0.25) is 0 Å². The minimum Gasteiger partial charge on any atom is -0.399 e. The molecule has 98 valence electrons. The van der Waals surface area contributed by atoms with E-state index in [4.69, 9.17) is 9.31 Å². The van der Waals surface area contributed by atoms with Gasteiger partial charge in [0.25, 0.3) is 0 Å².